The number of unbranched alkanes of at least 4 members (excludes halogenated alkanes) is 28. The van der Waals surface area contributed by atoms with E-state index in [0.717, 1.165) is 78.0 Å². The molecule has 0 aromatic rings. The molecule has 0 fully saturated rings. The fourth-order valence-electron chi connectivity index (χ4n) is 9.01. The average Bonchev–Trinajstić information content (AvgIpc) is 3.29. The van der Waals surface area contributed by atoms with E-state index in [1.54, 1.807) is 0 Å². The number of nitrogens with zero attached hydrogens (tertiary/aromatic N) is 3. The minimum atomic E-state index is -0.0933. The van der Waals surface area contributed by atoms with Crippen LogP contribution in [-0.2, 0) is 19.1 Å². The van der Waals surface area contributed by atoms with E-state index < -0.39 is 0 Å². The summed E-state index contributed by atoms with van der Waals surface area (Å²) in [5.41, 5.74) is 0. The van der Waals surface area contributed by atoms with Gasteiger partial charge < -0.3 is 29.3 Å². The van der Waals surface area contributed by atoms with Crippen LogP contribution in [-0.4, -0.2) is 110 Å². The Balaban J connectivity index is 4.42. The predicted octanol–water partition coefficient (Wildman–Crippen LogP) is 14.9. The third-order valence-corrected chi connectivity index (χ3v) is 13.2. The van der Waals surface area contributed by atoms with Crippen LogP contribution in [0.25, 0.3) is 0 Å². The van der Waals surface area contributed by atoms with Crippen LogP contribution < -0.4 is 0 Å². The zero-order chi connectivity index (χ0) is 46.7. The highest BCUT2D eigenvalue weighted by atomic mass is 16.5. The van der Waals surface area contributed by atoms with Crippen LogP contribution in [0.15, 0.2) is 0 Å². The van der Waals surface area contributed by atoms with Gasteiger partial charge in [-0.15, -0.1) is 0 Å². The lowest BCUT2D eigenvalue weighted by Gasteiger charge is -2.22. The molecule has 0 saturated heterocycles. The van der Waals surface area contributed by atoms with E-state index in [0.29, 0.717) is 32.6 Å². The number of rotatable bonds is 54. The van der Waals surface area contributed by atoms with Crippen molar-refractivity contribution in [2.75, 3.05) is 78.7 Å². The van der Waals surface area contributed by atoms with Crippen molar-refractivity contribution in [2.24, 2.45) is 0 Å². The molecule has 0 aliphatic heterocycles. The Hall–Kier alpha value is -1.22. The summed E-state index contributed by atoms with van der Waals surface area (Å²) in [6, 6.07) is 0. The summed E-state index contributed by atoms with van der Waals surface area (Å²) in [5, 5.41) is 9.67. The van der Waals surface area contributed by atoms with Crippen molar-refractivity contribution in [3.8, 4) is 0 Å². The summed E-state index contributed by atoms with van der Waals surface area (Å²) < 4.78 is 11.3. The topological polar surface area (TPSA) is 82.5 Å². The Bertz CT molecular complexity index is 828. The highest BCUT2D eigenvalue weighted by molar-refractivity contribution is 5.69. The maximum Gasteiger partial charge on any atom is 0.305 e. The first-order valence-corrected chi connectivity index (χ1v) is 28.6. The minimum Gasteiger partial charge on any atom is -0.466 e. The fourth-order valence-corrected chi connectivity index (χ4v) is 9.01. The molecule has 8 nitrogen and oxygen atoms in total. The van der Waals surface area contributed by atoms with Gasteiger partial charge in [-0.1, -0.05) is 207 Å². The summed E-state index contributed by atoms with van der Waals surface area (Å²) >= 11 is 0. The Morgan fingerprint density at radius 3 is 0.781 bits per heavy atom. The lowest BCUT2D eigenvalue weighted by atomic mass is 10.1. The Morgan fingerprint density at radius 2 is 0.516 bits per heavy atom. The van der Waals surface area contributed by atoms with E-state index in [2.05, 4.69) is 42.4 Å². The zero-order valence-electron chi connectivity index (χ0n) is 43.8. The molecule has 0 bridgehead atoms. The quantitative estimate of drug-likeness (QED) is 0.0477. The number of ether oxygens (including phenoxy) is 2. The van der Waals surface area contributed by atoms with Crippen LogP contribution in [0.5, 0.6) is 0 Å². The highest BCUT2D eigenvalue weighted by Crippen LogP contribution is 2.14. The molecule has 0 aromatic heterocycles. The second-order valence-electron chi connectivity index (χ2n) is 19.5. The van der Waals surface area contributed by atoms with Crippen molar-refractivity contribution >= 4 is 11.9 Å². The van der Waals surface area contributed by atoms with Gasteiger partial charge >= 0.3 is 11.9 Å². The molecule has 0 aliphatic carbocycles. The van der Waals surface area contributed by atoms with Gasteiger partial charge in [0.05, 0.1) is 19.8 Å². The molecular weight excluding hydrogens is 795 g/mol. The van der Waals surface area contributed by atoms with E-state index in [1.165, 1.54) is 205 Å². The first kappa shape index (κ1) is 62.8. The third-order valence-electron chi connectivity index (χ3n) is 13.2. The monoisotopic (exact) mass is 908 g/mol. The maximum atomic E-state index is 12.7. The number of hydrogen-bond donors (Lipinski definition) is 1. The van der Waals surface area contributed by atoms with Crippen molar-refractivity contribution < 1.29 is 24.2 Å². The number of esters is 2. The number of carbonyl (C=O) groups is 2. The molecule has 0 saturated carbocycles. The predicted molar refractivity (Wildman–Crippen MR) is 276 cm³/mol. The summed E-state index contributed by atoms with van der Waals surface area (Å²) in [4.78, 5) is 32.7. The van der Waals surface area contributed by atoms with Crippen LogP contribution in [0.4, 0.5) is 0 Å². The van der Waals surface area contributed by atoms with Crippen molar-refractivity contribution in [1.29, 1.82) is 0 Å². The summed E-state index contributed by atoms with van der Waals surface area (Å²) in [7, 11) is 0. The van der Waals surface area contributed by atoms with E-state index in [9.17, 15) is 14.7 Å². The number of aliphatic hydroxyl groups excluding tert-OH is 1. The van der Waals surface area contributed by atoms with E-state index in [4.69, 9.17) is 9.47 Å². The summed E-state index contributed by atoms with van der Waals surface area (Å²) in [5.74, 6) is -0.187. The second-order valence-corrected chi connectivity index (χ2v) is 19.5. The molecule has 0 amide bonds. The molecule has 0 spiro atoms. The van der Waals surface area contributed by atoms with Crippen molar-refractivity contribution in [3.05, 3.63) is 0 Å². The molecule has 0 heterocycles. The Labute approximate surface area is 399 Å². The van der Waals surface area contributed by atoms with Gasteiger partial charge in [-0.05, 0) is 90.6 Å². The molecule has 0 aliphatic rings. The van der Waals surface area contributed by atoms with Gasteiger partial charge in [0.1, 0.15) is 0 Å². The first-order chi connectivity index (χ1) is 31.5. The first-order valence-electron chi connectivity index (χ1n) is 28.6. The average molecular weight is 909 g/mol. The lowest BCUT2D eigenvalue weighted by Crippen LogP contribution is -2.31. The molecule has 8 heteroatoms. The van der Waals surface area contributed by atoms with E-state index in [-0.39, 0.29) is 18.5 Å². The maximum absolute atomic E-state index is 12.7. The van der Waals surface area contributed by atoms with Gasteiger partial charge in [0.2, 0.25) is 0 Å². The van der Waals surface area contributed by atoms with Gasteiger partial charge in [-0.25, -0.2) is 0 Å². The van der Waals surface area contributed by atoms with Gasteiger partial charge in [0.15, 0.2) is 0 Å². The van der Waals surface area contributed by atoms with Gasteiger partial charge in [0, 0.05) is 32.5 Å². The summed E-state index contributed by atoms with van der Waals surface area (Å²) in [6.07, 6.45) is 47.2. The molecule has 0 aromatic carbocycles. The standard InChI is InChI=1S/C56H113N3O5/c1-5-9-13-17-21-25-29-33-43-57(44-34-30-26-22-18-14-10-6-2)47-37-41-55(61)63-53-39-49-59(51-52-60)50-40-54-64-56(62)42-38-48-58(45-35-31-27-23-19-15-11-7-3)46-36-32-28-24-20-16-12-8-4/h60H,5-54H2,1-4H3. The van der Waals surface area contributed by atoms with Crippen molar-refractivity contribution in [1.82, 2.24) is 14.7 Å². The molecule has 0 unspecified atom stereocenters. The number of aliphatic hydroxyl groups is 1. The SMILES string of the molecule is CCCCCCCCCCN(CCCCCCCCCC)CCCC(=O)OCCCN(CCO)CCCOC(=O)CCCN(CCCCCCCCCC)CCCCCCCCCC. The normalized spacial score (nSPS) is 11.8. The molecule has 0 radical (unpaired) electrons. The Morgan fingerprint density at radius 1 is 0.297 bits per heavy atom. The zero-order valence-corrected chi connectivity index (χ0v) is 43.8. The van der Waals surface area contributed by atoms with Crippen LogP contribution in [0.2, 0.25) is 0 Å². The molecule has 1 N–H and O–H groups in total. The molecule has 0 atom stereocenters. The minimum absolute atomic E-state index is 0.0857. The second kappa shape index (κ2) is 52.7. The fraction of sp³-hybridized carbons (Fsp3) is 0.964. The van der Waals surface area contributed by atoms with Gasteiger partial charge in [-0.3, -0.25) is 9.59 Å². The summed E-state index contributed by atoms with van der Waals surface area (Å²) in [6.45, 7) is 18.7. The molecule has 0 rings (SSSR count). The largest absolute Gasteiger partial charge is 0.466 e. The smallest absolute Gasteiger partial charge is 0.305 e. The number of carbonyl (C=O) groups excluding carboxylic acids is 2. The van der Waals surface area contributed by atoms with Crippen molar-refractivity contribution in [2.45, 2.75) is 272 Å². The molecule has 64 heavy (non-hydrogen) atoms. The number of hydrogen-bond acceptors (Lipinski definition) is 8. The molecule has 382 valence electrons. The Kier molecular flexibility index (Phi) is 51.7. The third kappa shape index (κ3) is 47.3. The van der Waals surface area contributed by atoms with Crippen molar-refractivity contribution in [3.63, 3.8) is 0 Å². The van der Waals surface area contributed by atoms with E-state index in [1.807, 2.05) is 0 Å². The lowest BCUT2D eigenvalue weighted by molar-refractivity contribution is -0.144. The van der Waals surface area contributed by atoms with Crippen LogP contribution in [0.1, 0.15) is 272 Å². The van der Waals surface area contributed by atoms with Crippen LogP contribution >= 0.6 is 0 Å². The van der Waals surface area contributed by atoms with Gasteiger partial charge in [0.25, 0.3) is 0 Å². The molecular formula is C56H113N3O5. The van der Waals surface area contributed by atoms with Gasteiger partial charge in [-0.2, -0.15) is 0 Å². The highest BCUT2D eigenvalue weighted by Gasteiger charge is 2.12. The van der Waals surface area contributed by atoms with E-state index >= 15 is 0 Å². The van der Waals surface area contributed by atoms with Crippen LogP contribution in [0.3, 0.4) is 0 Å². The van der Waals surface area contributed by atoms with Crippen LogP contribution in [0, 0.1) is 0 Å².